The number of nitrogen functional groups attached to an aromatic ring is 1. The van der Waals surface area contributed by atoms with Crippen molar-refractivity contribution >= 4 is 22.4 Å². The average molecular weight is 281 g/mol. The van der Waals surface area contributed by atoms with Crippen molar-refractivity contribution in [2.45, 2.75) is 13.5 Å². The molecule has 1 heterocycles. The van der Waals surface area contributed by atoms with E-state index in [1.807, 2.05) is 18.9 Å². The number of ether oxygens (including phenoxy) is 1. The van der Waals surface area contributed by atoms with Crippen molar-refractivity contribution in [3.8, 4) is 5.75 Å². The van der Waals surface area contributed by atoms with Gasteiger partial charge in [-0.05, 0) is 36.2 Å². The molecule has 0 saturated heterocycles. The highest BCUT2D eigenvalue weighted by molar-refractivity contribution is 7.11. The lowest BCUT2D eigenvalue weighted by Crippen LogP contribution is -2.16. The van der Waals surface area contributed by atoms with Gasteiger partial charge in [0.15, 0.2) is 16.6 Å². The van der Waals surface area contributed by atoms with Crippen molar-refractivity contribution in [3.05, 3.63) is 35.6 Å². The van der Waals surface area contributed by atoms with E-state index in [4.69, 9.17) is 10.5 Å². The number of rotatable bonds is 5. The van der Waals surface area contributed by atoms with Gasteiger partial charge in [-0.3, -0.25) is 0 Å². The predicted octanol–water partition coefficient (Wildman–Crippen LogP) is 2.90. The summed E-state index contributed by atoms with van der Waals surface area (Å²) in [4.78, 5) is 1.99. The van der Waals surface area contributed by atoms with Gasteiger partial charge in [-0.2, -0.15) is 4.37 Å². The number of benzene rings is 1. The summed E-state index contributed by atoms with van der Waals surface area (Å²) in [7, 11) is 1.93. The summed E-state index contributed by atoms with van der Waals surface area (Å²) in [5.74, 6) is 0.799. The molecule has 0 fully saturated rings. The minimum atomic E-state index is -0.233. The molecule has 0 radical (unpaired) electrons. The Bertz CT molecular complexity index is 541. The van der Waals surface area contributed by atoms with Gasteiger partial charge in [-0.25, -0.2) is 4.39 Å². The van der Waals surface area contributed by atoms with Crippen LogP contribution in [0, 0.1) is 5.82 Å². The molecule has 0 spiro atoms. The van der Waals surface area contributed by atoms with Gasteiger partial charge in [-0.15, -0.1) is 0 Å². The fourth-order valence-electron chi connectivity index (χ4n) is 1.74. The van der Waals surface area contributed by atoms with Crippen LogP contribution >= 0.6 is 11.5 Å². The van der Waals surface area contributed by atoms with Gasteiger partial charge < -0.3 is 15.4 Å². The van der Waals surface area contributed by atoms with Crippen LogP contribution in [-0.2, 0) is 6.54 Å². The molecule has 4 nitrogen and oxygen atoms in total. The summed E-state index contributed by atoms with van der Waals surface area (Å²) in [6.45, 7) is 3.09. The Morgan fingerprint density at radius 3 is 2.68 bits per heavy atom. The number of aromatic nitrogens is 1. The topological polar surface area (TPSA) is 51.4 Å². The van der Waals surface area contributed by atoms with Crippen molar-refractivity contribution in [1.82, 2.24) is 4.37 Å². The van der Waals surface area contributed by atoms with Gasteiger partial charge in [0.05, 0.1) is 6.61 Å². The maximum atomic E-state index is 12.9. The molecule has 2 aromatic rings. The van der Waals surface area contributed by atoms with Gasteiger partial charge in [0, 0.05) is 13.6 Å². The molecule has 0 saturated carbocycles. The summed E-state index contributed by atoms with van der Waals surface area (Å²) in [6, 6.07) is 6.43. The Balaban J connectivity index is 2.15. The Labute approximate surface area is 115 Å². The van der Waals surface area contributed by atoms with Crippen molar-refractivity contribution in [3.63, 3.8) is 0 Å². The summed E-state index contributed by atoms with van der Waals surface area (Å²) in [6.07, 6.45) is 0. The van der Waals surface area contributed by atoms with E-state index in [9.17, 15) is 4.39 Å². The standard InChI is InChI=1S/C13H16FN3OS/c1-3-18-11-12(15)16-19-13(11)17(2)8-9-4-6-10(14)7-5-9/h4-7H,3,8H2,1-2H3,(H2,15,16). The van der Waals surface area contributed by atoms with E-state index in [1.54, 1.807) is 12.1 Å². The van der Waals surface area contributed by atoms with Crippen LogP contribution in [0.25, 0.3) is 0 Å². The summed E-state index contributed by atoms with van der Waals surface area (Å²) < 4.78 is 22.5. The van der Waals surface area contributed by atoms with Crippen LogP contribution in [-0.4, -0.2) is 18.0 Å². The van der Waals surface area contributed by atoms with Gasteiger partial charge in [0.1, 0.15) is 5.82 Å². The SMILES string of the molecule is CCOc1c(N)nsc1N(C)Cc1ccc(F)cc1. The second kappa shape index (κ2) is 5.88. The molecule has 0 atom stereocenters. The van der Waals surface area contributed by atoms with Crippen molar-refractivity contribution in [2.75, 3.05) is 24.3 Å². The molecular weight excluding hydrogens is 265 g/mol. The Hall–Kier alpha value is -1.82. The lowest BCUT2D eigenvalue weighted by Gasteiger charge is -2.18. The molecule has 1 aromatic heterocycles. The molecule has 0 aliphatic carbocycles. The molecule has 0 bridgehead atoms. The molecule has 0 unspecified atom stereocenters. The highest BCUT2D eigenvalue weighted by Gasteiger charge is 2.16. The first-order valence-corrected chi connectivity index (χ1v) is 6.72. The van der Waals surface area contributed by atoms with Gasteiger partial charge in [0.2, 0.25) is 0 Å². The lowest BCUT2D eigenvalue weighted by atomic mass is 10.2. The molecule has 0 aliphatic heterocycles. The normalized spacial score (nSPS) is 10.5. The first-order valence-electron chi connectivity index (χ1n) is 5.95. The molecule has 1 aromatic carbocycles. The molecule has 19 heavy (non-hydrogen) atoms. The van der Waals surface area contributed by atoms with Crippen LogP contribution in [0.1, 0.15) is 12.5 Å². The summed E-state index contributed by atoms with van der Waals surface area (Å²) in [5.41, 5.74) is 6.79. The van der Waals surface area contributed by atoms with Crippen LogP contribution in [0.15, 0.2) is 24.3 Å². The Morgan fingerprint density at radius 1 is 1.37 bits per heavy atom. The Morgan fingerprint density at radius 2 is 2.05 bits per heavy atom. The summed E-state index contributed by atoms with van der Waals surface area (Å²) in [5, 5.41) is 0.878. The maximum Gasteiger partial charge on any atom is 0.197 e. The lowest BCUT2D eigenvalue weighted by molar-refractivity contribution is 0.343. The van der Waals surface area contributed by atoms with Gasteiger partial charge in [0.25, 0.3) is 0 Å². The first kappa shape index (κ1) is 13.6. The third kappa shape index (κ3) is 3.14. The van der Waals surface area contributed by atoms with Crippen LogP contribution in [0.4, 0.5) is 15.2 Å². The minimum absolute atomic E-state index is 0.233. The Kier molecular flexibility index (Phi) is 4.21. The third-order valence-electron chi connectivity index (χ3n) is 2.63. The van der Waals surface area contributed by atoms with E-state index in [1.165, 1.54) is 23.7 Å². The third-order valence-corrected chi connectivity index (χ3v) is 3.58. The molecule has 0 aliphatic rings. The molecular formula is C13H16FN3OS. The maximum absolute atomic E-state index is 12.9. The van der Waals surface area contributed by atoms with Crippen molar-refractivity contribution < 1.29 is 9.13 Å². The molecule has 6 heteroatoms. The van der Waals surface area contributed by atoms with Crippen molar-refractivity contribution in [2.24, 2.45) is 0 Å². The molecule has 2 rings (SSSR count). The zero-order valence-corrected chi connectivity index (χ0v) is 11.7. The number of nitrogens with zero attached hydrogens (tertiary/aromatic N) is 2. The summed E-state index contributed by atoms with van der Waals surface area (Å²) >= 11 is 1.30. The highest BCUT2D eigenvalue weighted by atomic mass is 32.1. The van der Waals surface area contributed by atoms with E-state index < -0.39 is 0 Å². The van der Waals surface area contributed by atoms with Crippen LogP contribution in [0.5, 0.6) is 5.75 Å². The van der Waals surface area contributed by atoms with E-state index in [-0.39, 0.29) is 5.82 Å². The fraction of sp³-hybridized carbons (Fsp3) is 0.308. The van der Waals surface area contributed by atoms with Crippen LogP contribution < -0.4 is 15.4 Å². The van der Waals surface area contributed by atoms with Crippen LogP contribution in [0.3, 0.4) is 0 Å². The largest absolute Gasteiger partial charge is 0.487 e. The highest BCUT2D eigenvalue weighted by Crippen LogP contribution is 2.38. The van der Waals surface area contributed by atoms with Crippen molar-refractivity contribution in [1.29, 1.82) is 0 Å². The minimum Gasteiger partial charge on any atom is -0.487 e. The second-order valence-electron chi connectivity index (χ2n) is 4.12. The van der Waals surface area contributed by atoms with E-state index in [2.05, 4.69) is 4.37 Å². The fourth-order valence-corrected chi connectivity index (χ4v) is 2.46. The monoisotopic (exact) mass is 281 g/mol. The molecule has 102 valence electrons. The zero-order valence-electron chi connectivity index (χ0n) is 10.9. The number of halogens is 1. The van der Waals surface area contributed by atoms with Crippen LogP contribution in [0.2, 0.25) is 0 Å². The van der Waals surface area contributed by atoms with Gasteiger partial charge in [-0.1, -0.05) is 12.1 Å². The molecule has 0 amide bonds. The zero-order chi connectivity index (χ0) is 13.8. The average Bonchev–Trinajstić information content (AvgIpc) is 2.75. The van der Waals surface area contributed by atoms with Gasteiger partial charge >= 0.3 is 0 Å². The van der Waals surface area contributed by atoms with E-state index in [0.717, 1.165) is 10.6 Å². The molecule has 2 N–H and O–H groups in total. The quantitative estimate of drug-likeness (QED) is 0.915. The second-order valence-corrected chi connectivity index (χ2v) is 4.87. The van der Waals surface area contributed by atoms with E-state index in [0.29, 0.717) is 24.7 Å². The number of anilines is 2. The van der Waals surface area contributed by atoms with E-state index >= 15 is 0 Å². The smallest absolute Gasteiger partial charge is 0.197 e. The number of hydrogen-bond donors (Lipinski definition) is 1. The first-order chi connectivity index (χ1) is 9.11. The number of nitrogens with two attached hydrogens (primary N) is 1. The predicted molar refractivity (Wildman–Crippen MR) is 76.2 cm³/mol. The number of hydrogen-bond acceptors (Lipinski definition) is 5.